The molecule has 0 aliphatic heterocycles. The lowest BCUT2D eigenvalue weighted by Crippen LogP contribution is -2.26. The van der Waals surface area contributed by atoms with Crippen LogP contribution in [0.1, 0.15) is 18.3 Å². The van der Waals surface area contributed by atoms with E-state index in [9.17, 15) is 13.5 Å². The molecule has 3 rings (SSSR count). The SMILES string of the molecule is COc1ccc(S(=O)(=O)NCCC(O)c2cc3ccccc3o2)cc1Cl. The number of para-hydroxylation sites is 1. The van der Waals surface area contributed by atoms with Crippen molar-refractivity contribution in [2.45, 2.75) is 17.4 Å². The van der Waals surface area contributed by atoms with Gasteiger partial charge in [-0.2, -0.15) is 0 Å². The highest BCUT2D eigenvalue weighted by Crippen LogP contribution is 2.27. The quantitative estimate of drug-likeness (QED) is 0.639. The lowest BCUT2D eigenvalue weighted by atomic mass is 10.2. The number of sulfonamides is 1. The summed E-state index contributed by atoms with van der Waals surface area (Å²) in [5.41, 5.74) is 0.676. The van der Waals surface area contributed by atoms with Gasteiger partial charge in [0.1, 0.15) is 23.2 Å². The van der Waals surface area contributed by atoms with Crippen LogP contribution < -0.4 is 9.46 Å². The number of aliphatic hydroxyl groups excluding tert-OH is 1. The summed E-state index contributed by atoms with van der Waals surface area (Å²) in [7, 11) is -2.29. The van der Waals surface area contributed by atoms with E-state index >= 15 is 0 Å². The fourth-order valence-electron chi connectivity index (χ4n) is 2.54. The summed E-state index contributed by atoms with van der Waals surface area (Å²) >= 11 is 5.97. The second-order valence-corrected chi connectivity index (χ2v) is 7.86. The Morgan fingerprint density at radius 1 is 1.23 bits per heavy atom. The molecule has 1 heterocycles. The molecule has 0 radical (unpaired) electrons. The van der Waals surface area contributed by atoms with Crippen molar-refractivity contribution in [2.75, 3.05) is 13.7 Å². The molecular weight excluding hydrogens is 378 g/mol. The summed E-state index contributed by atoms with van der Waals surface area (Å²) in [6.07, 6.45) is -0.743. The highest BCUT2D eigenvalue weighted by Gasteiger charge is 2.18. The smallest absolute Gasteiger partial charge is 0.240 e. The Hall–Kier alpha value is -2.06. The third-order valence-corrected chi connectivity index (χ3v) is 5.67. The van der Waals surface area contributed by atoms with Crippen LogP contribution in [-0.2, 0) is 10.0 Å². The van der Waals surface area contributed by atoms with Gasteiger partial charge in [-0.1, -0.05) is 29.8 Å². The van der Waals surface area contributed by atoms with E-state index in [1.807, 2.05) is 24.3 Å². The number of aliphatic hydroxyl groups is 1. The number of nitrogens with one attached hydrogen (secondary N) is 1. The first kappa shape index (κ1) is 18.7. The first-order valence-electron chi connectivity index (χ1n) is 7.90. The fraction of sp³-hybridized carbons (Fsp3) is 0.222. The molecule has 8 heteroatoms. The minimum atomic E-state index is -3.74. The van der Waals surface area contributed by atoms with E-state index in [0.717, 1.165) is 5.39 Å². The van der Waals surface area contributed by atoms with Crippen LogP contribution in [0.15, 0.2) is 57.8 Å². The van der Waals surface area contributed by atoms with Crippen LogP contribution in [0, 0.1) is 0 Å². The topological polar surface area (TPSA) is 88.8 Å². The van der Waals surface area contributed by atoms with E-state index in [4.69, 9.17) is 20.8 Å². The van der Waals surface area contributed by atoms with Crippen LogP contribution in [0.3, 0.4) is 0 Å². The summed E-state index contributed by atoms with van der Waals surface area (Å²) in [6, 6.07) is 13.4. The number of ether oxygens (including phenoxy) is 1. The predicted octanol–water partition coefficient (Wildman–Crippen LogP) is 3.50. The van der Waals surface area contributed by atoms with Crippen LogP contribution >= 0.6 is 11.6 Å². The van der Waals surface area contributed by atoms with Gasteiger partial charge in [-0.05, 0) is 36.8 Å². The lowest BCUT2D eigenvalue weighted by molar-refractivity contribution is 0.144. The lowest BCUT2D eigenvalue weighted by Gasteiger charge is -2.11. The van der Waals surface area contributed by atoms with Crippen LogP contribution in [0.2, 0.25) is 5.02 Å². The van der Waals surface area contributed by atoms with E-state index in [1.54, 1.807) is 6.07 Å². The molecule has 0 saturated carbocycles. The van der Waals surface area contributed by atoms with Crippen LogP contribution in [-0.4, -0.2) is 27.2 Å². The Morgan fingerprint density at radius 3 is 2.69 bits per heavy atom. The van der Waals surface area contributed by atoms with Gasteiger partial charge < -0.3 is 14.3 Å². The monoisotopic (exact) mass is 395 g/mol. The normalized spacial score (nSPS) is 13.0. The molecule has 1 atom stereocenters. The number of hydrogen-bond acceptors (Lipinski definition) is 5. The summed E-state index contributed by atoms with van der Waals surface area (Å²) in [6.45, 7) is 0.0458. The average molecular weight is 396 g/mol. The molecule has 0 fully saturated rings. The Balaban J connectivity index is 1.63. The number of rotatable bonds is 7. The highest BCUT2D eigenvalue weighted by molar-refractivity contribution is 7.89. The van der Waals surface area contributed by atoms with Gasteiger partial charge in [0.25, 0.3) is 0 Å². The fourth-order valence-corrected chi connectivity index (χ4v) is 3.93. The van der Waals surface area contributed by atoms with Crippen molar-refractivity contribution in [1.29, 1.82) is 0 Å². The van der Waals surface area contributed by atoms with Gasteiger partial charge in [0.15, 0.2) is 0 Å². The summed E-state index contributed by atoms with van der Waals surface area (Å²) in [5, 5.41) is 11.3. The molecule has 6 nitrogen and oxygen atoms in total. The van der Waals surface area contributed by atoms with E-state index in [2.05, 4.69) is 4.72 Å². The molecule has 138 valence electrons. The summed E-state index contributed by atoms with van der Waals surface area (Å²) in [5.74, 6) is 0.795. The van der Waals surface area contributed by atoms with E-state index in [0.29, 0.717) is 17.1 Å². The maximum atomic E-state index is 12.3. The standard InChI is InChI=1S/C18H18ClNO5S/c1-24-17-7-6-13(11-14(17)19)26(22,23)20-9-8-15(21)18-10-12-4-2-3-5-16(12)25-18/h2-7,10-11,15,20-21H,8-9H2,1H3. The number of methoxy groups -OCH3 is 1. The molecule has 0 spiro atoms. The molecule has 2 N–H and O–H groups in total. The van der Waals surface area contributed by atoms with Gasteiger partial charge in [-0.25, -0.2) is 13.1 Å². The molecule has 2 aromatic carbocycles. The van der Waals surface area contributed by atoms with Crippen molar-refractivity contribution < 1.29 is 22.7 Å². The first-order chi connectivity index (χ1) is 12.4. The maximum Gasteiger partial charge on any atom is 0.240 e. The van der Waals surface area contributed by atoms with Crippen molar-refractivity contribution in [3.05, 3.63) is 59.3 Å². The Labute approximate surface area is 156 Å². The largest absolute Gasteiger partial charge is 0.495 e. The van der Waals surface area contributed by atoms with E-state index in [-0.39, 0.29) is 22.9 Å². The Bertz CT molecular complexity index is 982. The molecule has 26 heavy (non-hydrogen) atoms. The zero-order valence-electron chi connectivity index (χ0n) is 14.0. The first-order valence-corrected chi connectivity index (χ1v) is 9.76. The van der Waals surface area contributed by atoms with Crippen molar-refractivity contribution in [3.63, 3.8) is 0 Å². The molecule has 0 aliphatic carbocycles. The summed E-state index contributed by atoms with van der Waals surface area (Å²) < 4.78 is 37.7. The zero-order valence-corrected chi connectivity index (χ0v) is 15.5. The second-order valence-electron chi connectivity index (χ2n) is 5.69. The van der Waals surface area contributed by atoms with Crippen LogP contribution in [0.25, 0.3) is 11.0 Å². The van der Waals surface area contributed by atoms with Crippen molar-refractivity contribution in [3.8, 4) is 5.75 Å². The molecule has 0 amide bonds. The second kappa shape index (κ2) is 7.67. The minimum Gasteiger partial charge on any atom is -0.495 e. The van der Waals surface area contributed by atoms with Gasteiger partial charge in [0.2, 0.25) is 10.0 Å². The van der Waals surface area contributed by atoms with Crippen molar-refractivity contribution in [2.24, 2.45) is 0 Å². The number of benzene rings is 2. The summed E-state index contributed by atoms with van der Waals surface area (Å²) in [4.78, 5) is 0.0292. The van der Waals surface area contributed by atoms with Crippen molar-refractivity contribution in [1.82, 2.24) is 4.72 Å². The van der Waals surface area contributed by atoms with Gasteiger partial charge >= 0.3 is 0 Å². The minimum absolute atomic E-state index is 0.0292. The third kappa shape index (κ3) is 4.02. The Kier molecular flexibility index (Phi) is 5.52. The van der Waals surface area contributed by atoms with Crippen LogP contribution in [0.4, 0.5) is 0 Å². The number of fused-ring (bicyclic) bond motifs is 1. The van der Waals surface area contributed by atoms with Crippen LogP contribution in [0.5, 0.6) is 5.75 Å². The van der Waals surface area contributed by atoms with Gasteiger partial charge in [0.05, 0.1) is 17.0 Å². The van der Waals surface area contributed by atoms with Gasteiger partial charge in [0, 0.05) is 11.9 Å². The molecule has 0 aliphatic rings. The predicted molar refractivity (Wildman–Crippen MR) is 99.0 cm³/mol. The van der Waals surface area contributed by atoms with E-state index < -0.39 is 16.1 Å². The highest BCUT2D eigenvalue weighted by atomic mass is 35.5. The maximum absolute atomic E-state index is 12.3. The number of halogens is 1. The third-order valence-electron chi connectivity index (χ3n) is 3.92. The molecule has 1 aromatic heterocycles. The molecular formula is C18H18ClNO5S. The molecule has 0 saturated heterocycles. The zero-order chi connectivity index (χ0) is 18.7. The molecule has 0 bridgehead atoms. The average Bonchev–Trinajstić information content (AvgIpc) is 3.05. The van der Waals surface area contributed by atoms with Gasteiger partial charge in [-0.15, -0.1) is 0 Å². The number of furan rings is 1. The van der Waals surface area contributed by atoms with E-state index in [1.165, 1.54) is 25.3 Å². The number of hydrogen-bond donors (Lipinski definition) is 2. The van der Waals surface area contributed by atoms with Crippen molar-refractivity contribution >= 4 is 32.6 Å². The Morgan fingerprint density at radius 2 is 2.00 bits per heavy atom. The molecule has 3 aromatic rings. The van der Waals surface area contributed by atoms with Gasteiger partial charge in [-0.3, -0.25) is 0 Å². The molecule has 1 unspecified atom stereocenters.